The molecule has 0 aromatic heterocycles. The minimum atomic E-state index is -5.02. The first-order valence-corrected chi connectivity index (χ1v) is 27.7. The molecule has 4 aromatic carbocycles. The van der Waals surface area contributed by atoms with Crippen LogP contribution in [0.15, 0.2) is 85.9 Å². The molecule has 0 spiro atoms. The van der Waals surface area contributed by atoms with Gasteiger partial charge in [-0.2, -0.15) is 16.8 Å². The van der Waals surface area contributed by atoms with E-state index in [4.69, 9.17) is 9.41 Å². The Morgan fingerprint density at radius 2 is 1.17 bits per heavy atom. The number of nitrogens with zero attached hydrogens (tertiary/aromatic N) is 1. The number of fused-ring (bicyclic) bond motifs is 2. The third kappa shape index (κ3) is 12.8. The number of carbonyl (C=O) groups excluding carboxylic acids is 2. The van der Waals surface area contributed by atoms with E-state index in [0.29, 0.717) is 64.2 Å². The quantitative estimate of drug-likeness (QED) is 0.0283. The van der Waals surface area contributed by atoms with E-state index < -0.39 is 36.1 Å². The molecule has 72 heavy (non-hydrogen) atoms. The van der Waals surface area contributed by atoms with Crippen LogP contribution in [-0.2, 0) is 20.2 Å². The van der Waals surface area contributed by atoms with Crippen LogP contribution in [0, 0.1) is 53.4 Å². The van der Waals surface area contributed by atoms with Gasteiger partial charge in [-0.05, 0) is 124 Å². The van der Waals surface area contributed by atoms with Crippen molar-refractivity contribution in [2.24, 2.45) is 16.8 Å². The number of unbranched alkanes of at least 4 members (excludes halogenated alkanes) is 2. The van der Waals surface area contributed by atoms with Crippen molar-refractivity contribution >= 4 is 71.7 Å². The van der Waals surface area contributed by atoms with E-state index in [1.165, 1.54) is 30.3 Å². The molecule has 386 valence electrons. The Hall–Kier alpha value is -6.27. The molecule has 7 N–H and O–H groups in total. The Morgan fingerprint density at radius 3 is 1.72 bits per heavy atom. The lowest BCUT2D eigenvalue weighted by molar-refractivity contribution is 0.248. The van der Waals surface area contributed by atoms with E-state index in [9.17, 15) is 35.5 Å². The highest BCUT2D eigenvalue weighted by Gasteiger charge is 2.27. The monoisotopic (exact) mass is 1020 g/mol. The lowest BCUT2D eigenvalue weighted by Crippen LogP contribution is -2.33. The molecule has 2 aliphatic rings. The zero-order chi connectivity index (χ0) is 52.7. The lowest BCUT2D eigenvalue weighted by Gasteiger charge is -2.21. The number of rotatable bonds is 20. The highest BCUT2D eigenvalue weighted by atomic mass is 32.2. The molecule has 0 saturated heterocycles. The highest BCUT2D eigenvalue weighted by molar-refractivity contribution is 7.86. The first-order chi connectivity index (χ1) is 34.1. The molecule has 1 aliphatic carbocycles. The van der Waals surface area contributed by atoms with Gasteiger partial charge in [0.25, 0.3) is 20.2 Å². The molecular weight excluding hydrogens is 953 g/mol. The number of aryl methyl sites for hydroxylation is 4. The molecule has 0 fully saturated rings. The van der Waals surface area contributed by atoms with E-state index in [2.05, 4.69) is 54.3 Å². The van der Waals surface area contributed by atoms with Gasteiger partial charge < -0.3 is 31.0 Å². The minimum absolute atomic E-state index is 0.0437. The molecule has 4 aromatic rings. The Kier molecular flexibility index (Phi) is 18.0. The third-order valence-corrected chi connectivity index (χ3v) is 15.4. The standard InChI is InChI=1S/C55H70N6O9S2/c1-11-15-19-38(13-3)30-56-54(62)60-52-34(7)25-32(5)50(36(52)9)58-40-23-24-41-45(27-40)70-46-29-44(48(72(67,68)69)28-43(46)49(41)42-21-17-18-22-47(42)71(64,65)66)59-51-33(6)26-35(8)53(37(51)10)61-55(63)57-31-39(14-4)20-16-12-2/h17-18,21-29,38-39,58H,11-16,19-20,30-31H2,1-10H3,(H2,56,60,62)(H2,57,61,63)(H,64,65,66)(H,67,68,69). The van der Waals surface area contributed by atoms with E-state index >= 15 is 0 Å². The van der Waals surface area contributed by atoms with Crippen molar-refractivity contribution in [3.05, 3.63) is 105 Å². The van der Waals surface area contributed by atoms with E-state index in [1.807, 2.05) is 39.8 Å². The summed E-state index contributed by atoms with van der Waals surface area (Å²) < 4.78 is 80.6. The van der Waals surface area contributed by atoms with Gasteiger partial charge in [0.1, 0.15) is 21.1 Å². The van der Waals surface area contributed by atoms with Gasteiger partial charge in [-0.3, -0.25) is 9.11 Å². The van der Waals surface area contributed by atoms with Crippen molar-refractivity contribution in [1.82, 2.24) is 10.6 Å². The normalized spacial score (nSPS) is 13.0. The second-order valence-electron chi connectivity index (χ2n) is 18.9. The molecule has 15 nitrogen and oxygen atoms in total. The van der Waals surface area contributed by atoms with Gasteiger partial charge in [-0.15, -0.1) is 0 Å². The SMILES string of the molecule is CCCCC(CC)CNC(=O)Nc1c(C)cc(C)c(N=c2cc3oc4cc(Nc5c(C)cc(C)c(NC(=O)NCC(CC)CCCC)c5C)ccc4c(-c4ccccc4S(=O)(=O)O)c-3cc2S(=O)(=O)O)c1C. The van der Waals surface area contributed by atoms with Crippen LogP contribution in [-0.4, -0.2) is 51.1 Å². The number of hydrogen-bond acceptors (Lipinski definition) is 9. The molecule has 0 saturated carbocycles. The predicted octanol–water partition coefficient (Wildman–Crippen LogP) is 13.2. The number of anilines is 4. The fourth-order valence-corrected chi connectivity index (χ4v) is 10.9. The molecule has 2 unspecified atom stereocenters. The molecule has 17 heteroatoms. The van der Waals surface area contributed by atoms with Crippen molar-refractivity contribution in [3.8, 4) is 22.5 Å². The Morgan fingerprint density at radius 1 is 0.625 bits per heavy atom. The van der Waals surface area contributed by atoms with Gasteiger partial charge in [-0.1, -0.05) is 96.6 Å². The van der Waals surface area contributed by atoms with E-state index in [1.54, 1.807) is 38.1 Å². The summed E-state index contributed by atoms with van der Waals surface area (Å²) in [6, 6.07) is 16.6. The van der Waals surface area contributed by atoms with Crippen LogP contribution < -0.4 is 31.9 Å². The van der Waals surface area contributed by atoms with Crippen molar-refractivity contribution in [3.63, 3.8) is 0 Å². The maximum Gasteiger partial charge on any atom is 0.319 e. The van der Waals surface area contributed by atoms with Crippen LogP contribution in [0.25, 0.3) is 33.4 Å². The zero-order valence-electron chi connectivity index (χ0n) is 43.1. The molecule has 1 aliphatic heterocycles. The van der Waals surface area contributed by atoms with Crippen LogP contribution in [0.1, 0.15) is 112 Å². The van der Waals surface area contributed by atoms with Crippen molar-refractivity contribution in [2.45, 2.75) is 130 Å². The lowest BCUT2D eigenvalue weighted by atomic mass is 9.93. The van der Waals surface area contributed by atoms with Crippen LogP contribution in [0.4, 0.5) is 38.0 Å². The van der Waals surface area contributed by atoms with Crippen LogP contribution in [0.2, 0.25) is 0 Å². The van der Waals surface area contributed by atoms with Gasteiger partial charge >= 0.3 is 12.1 Å². The summed E-state index contributed by atoms with van der Waals surface area (Å²) in [6.45, 7) is 20.8. The number of benzene rings is 5. The van der Waals surface area contributed by atoms with Crippen molar-refractivity contribution in [1.29, 1.82) is 0 Å². The second kappa shape index (κ2) is 23.5. The van der Waals surface area contributed by atoms with Crippen LogP contribution >= 0.6 is 0 Å². The topological polar surface area (TPSA) is 229 Å². The molecule has 0 radical (unpaired) electrons. The number of nitrogens with one attached hydrogen (secondary N) is 5. The van der Waals surface area contributed by atoms with Crippen molar-refractivity contribution < 1.29 is 39.9 Å². The fraction of sp³-hybridized carbons (Fsp3) is 0.400. The van der Waals surface area contributed by atoms with Crippen molar-refractivity contribution in [2.75, 3.05) is 29.0 Å². The molecule has 2 atom stereocenters. The summed E-state index contributed by atoms with van der Waals surface area (Å²) in [7, 11) is -9.85. The van der Waals surface area contributed by atoms with E-state index in [0.717, 1.165) is 79.3 Å². The number of carbonyl (C=O) groups is 2. The largest absolute Gasteiger partial charge is 0.456 e. The van der Waals surface area contributed by atoms with Gasteiger partial charge in [0.2, 0.25) is 0 Å². The average molecular weight is 1020 g/mol. The first-order valence-electron chi connectivity index (χ1n) is 24.8. The number of urea groups is 2. The van der Waals surface area contributed by atoms with Crippen LogP contribution in [0.5, 0.6) is 0 Å². The predicted molar refractivity (Wildman–Crippen MR) is 288 cm³/mol. The average Bonchev–Trinajstić information content (AvgIpc) is 3.32. The number of hydrogen-bond donors (Lipinski definition) is 7. The summed E-state index contributed by atoms with van der Waals surface area (Å²) in [5, 5.41) is 15.7. The summed E-state index contributed by atoms with van der Waals surface area (Å²) >= 11 is 0. The Labute approximate surface area is 424 Å². The summed E-state index contributed by atoms with van der Waals surface area (Å²) in [4.78, 5) is 30.3. The van der Waals surface area contributed by atoms with Gasteiger partial charge in [0.05, 0.1) is 22.4 Å². The zero-order valence-corrected chi connectivity index (χ0v) is 44.7. The second-order valence-corrected chi connectivity index (χ2v) is 21.7. The van der Waals surface area contributed by atoms with Gasteiger partial charge in [0, 0.05) is 58.7 Å². The Bertz CT molecular complexity index is 3260. The van der Waals surface area contributed by atoms with Gasteiger partial charge in [0.15, 0.2) is 0 Å². The maximum absolute atomic E-state index is 13.4. The highest BCUT2D eigenvalue weighted by Crippen LogP contribution is 2.44. The number of amides is 4. The molecule has 4 amide bonds. The Balaban J connectivity index is 1.50. The molecule has 0 bridgehead atoms. The smallest absolute Gasteiger partial charge is 0.319 e. The van der Waals surface area contributed by atoms with Gasteiger partial charge in [-0.25, -0.2) is 14.6 Å². The molecule has 6 rings (SSSR count). The fourth-order valence-electron chi connectivity index (χ4n) is 9.52. The minimum Gasteiger partial charge on any atom is -0.456 e. The summed E-state index contributed by atoms with van der Waals surface area (Å²) in [6.07, 6.45) is 8.27. The molecular formula is C55H70N6O9S2. The summed E-state index contributed by atoms with van der Waals surface area (Å²) in [5.74, 6) is 0.783. The first kappa shape index (κ1) is 55.1. The van der Waals surface area contributed by atoms with E-state index in [-0.39, 0.29) is 39.4 Å². The molecule has 1 heterocycles. The summed E-state index contributed by atoms with van der Waals surface area (Å²) in [5.41, 5.74) is 7.88. The maximum atomic E-state index is 13.4. The third-order valence-electron chi connectivity index (χ3n) is 13.6. The van der Waals surface area contributed by atoms with Crippen LogP contribution in [0.3, 0.4) is 0 Å².